The molecule has 0 aliphatic rings. The molecule has 0 aliphatic heterocycles. The lowest BCUT2D eigenvalue weighted by Crippen LogP contribution is -1.92. The third-order valence-corrected chi connectivity index (χ3v) is 2.70. The molecule has 0 atom stereocenters. The van der Waals surface area contributed by atoms with Gasteiger partial charge in [-0.15, -0.1) is 0 Å². The topological polar surface area (TPSA) is 46.3 Å². The molecule has 4 heteroatoms. The van der Waals surface area contributed by atoms with E-state index in [4.69, 9.17) is 9.52 Å². The van der Waals surface area contributed by atoms with E-state index in [1.165, 1.54) is 0 Å². The molecule has 1 N–H and O–H groups in total. The second-order valence-corrected chi connectivity index (χ2v) is 4.43. The van der Waals surface area contributed by atoms with E-state index in [0.717, 1.165) is 15.7 Å². The van der Waals surface area contributed by atoms with Crippen LogP contribution in [0.25, 0.3) is 0 Å². The fourth-order valence-electron chi connectivity index (χ4n) is 1.48. The van der Waals surface area contributed by atoms with Crippen molar-refractivity contribution >= 4 is 15.9 Å². The number of oxazole rings is 1. The Kier molecular flexibility index (Phi) is 3.74. The molecule has 0 radical (unpaired) electrons. The van der Waals surface area contributed by atoms with Gasteiger partial charge in [-0.3, -0.25) is 0 Å². The summed E-state index contributed by atoms with van der Waals surface area (Å²) >= 11 is 3.42. The molecule has 0 amide bonds. The van der Waals surface area contributed by atoms with Crippen LogP contribution in [0.2, 0.25) is 0 Å². The first-order valence-electron chi connectivity index (χ1n) is 5.06. The molecule has 2 aromatic rings. The maximum Gasteiger partial charge on any atom is 0.198 e. The van der Waals surface area contributed by atoms with Crippen LogP contribution in [0.4, 0.5) is 0 Å². The summed E-state index contributed by atoms with van der Waals surface area (Å²) in [5.74, 6) is 0.682. The first kappa shape index (κ1) is 11.4. The first-order valence-corrected chi connectivity index (χ1v) is 5.86. The minimum Gasteiger partial charge on any atom is -0.448 e. The number of hydrogen-bond acceptors (Lipinski definition) is 3. The summed E-state index contributed by atoms with van der Waals surface area (Å²) in [4.78, 5) is 4.28. The molecule has 0 aliphatic carbocycles. The highest BCUT2D eigenvalue weighted by Gasteiger charge is 2.04. The van der Waals surface area contributed by atoms with Crippen molar-refractivity contribution in [2.24, 2.45) is 0 Å². The number of aromatic nitrogens is 1. The molecule has 2 rings (SSSR count). The van der Waals surface area contributed by atoms with Gasteiger partial charge in [-0.2, -0.15) is 0 Å². The number of aliphatic hydroxyl groups is 1. The SMILES string of the molecule is OCCc1coc(Cc2cccc(Br)c2)n1. The summed E-state index contributed by atoms with van der Waals surface area (Å²) in [5, 5.41) is 8.77. The highest BCUT2D eigenvalue weighted by Crippen LogP contribution is 2.15. The lowest BCUT2D eigenvalue weighted by atomic mass is 10.1. The van der Waals surface area contributed by atoms with Crippen molar-refractivity contribution in [3.05, 3.63) is 52.1 Å². The highest BCUT2D eigenvalue weighted by molar-refractivity contribution is 9.10. The van der Waals surface area contributed by atoms with Gasteiger partial charge in [0, 0.05) is 23.9 Å². The largest absolute Gasteiger partial charge is 0.448 e. The van der Waals surface area contributed by atoms with E-state index >= 15 is 0 Å². The molecule has 0 spiro atoms. The van der Waals surface area contributed by atoms with E-state index in [9.17, 15) is 0 Å². The lowest BCUT2D eigenvalue weighted by Gasteiger charge is -1.97. The maximum atomic E-state index is 8.77. The van der Waals surface area contributed by atoms with Gasteiger partial charge in [0.05, 0.1) is 5.69 Å². The van der Waals surface area contributed by atoms with E-state index in [2.05, 4.69) is 20.9 Å². The second-order valence-electron chi connectivity index (χ2n) is 3.51. The standard InChI is InChI=1S/C12H12BrNO2/c13-10-3-1-2-9(6-10)7-12-14-11(4-5-15)8-16-12/h1-3,6,8,15H,4-5,7H2. The van der Waals surface area contributed by atoms with Crippen molar-refractivity contribution in [2.75, 3.05) is 6.61 Å². The predicted octanol–water partition coefficient (Wildman–Crippen LogP) is 2.56. The number of halogens is 1. The van der Waals surface area contributed by atoms with Crippen LogP contribution in [0.1, 0.15) is 17.1 Å². The minimum atomic E-state index is 0.100. The molecule has 16 heavy (non-hydrogen) atoms. The van der Waals surface area contributed by atoms with E-state index in [0.29, 0.717) is 18.7 Å². The van der Waals surface area contributed by atoms with Crippen LogP contribution in [0, 0.1) is 0 Å². The van der Waals surface area contributed by atoms with Crippen molar-refractivity contribution in [3.63, 3.8) is 0 Å². The lowest BCUT2D eigenvalue weighted by molar-refractivity contribution is 0.298. The quantitative estimate of drug-likeness (QED) is 0.937. The van der Waals surface area contributed by atoms with Crippen LogP contribution in [0.15, 0.2) is 39.4 Å². The van der Waals surface area contributed by atoms with Crippen LogP contribution in [-0.2, 0) is 12.8 Å². The Bertz CT molecular complexity index is 468. The van der Waals surface area contributed by atoms with Gasteiger partial charge in [-0.25, -0.2) is 4.98 Å². The average molecular weight is 282 g/mol. The van der Waals surface area contributed by atoms with Crippen molar-refractivity contribution < 1.29 is 9.52 Å². The summed E-state index contributed by atoms with van der Waals surface area (Å²) in [7, 11) is 0. The van der Waals surface area contributed by atoms with Crippen LogP contribution in [-0.4, -0.2) is 16.7 Å². The second kappa shape index (κ2) is 5.27. The number of nitrogens with zero attached hydrogens (tertiary/aromatic N) is 1. The van der Waals surface area contributed by atoms with Gasteiger partial charge in [0.15, 0.2) is 5.89 Å². The fraction of sp³-hybridized carbons (Fsp3) is 0.250. The van der Waals surface area contributed by atoms with Crippen LogP contribution in [0.3, 0.4) is 0 Å². The molecule has 1 aromatic heterocycles. The van der Waals surface area contributed by atoms with E-state index in [1.54, 1.807) is 6.26 Å². The Labute approximate surface area is 102 Å². The van der Waals surface area contributed by atoms with Crippen molar-refractivity contribution in [1.82, 2.24) is 4.98 Å². The molecule has 84 valence electrons. The van der Waals surface area contributed by atoms with Crippen molar-refractivity contribution in [1.29, 1.82) is 0 Å². The van der Waals surface area contributed by atoms with Gasteiger partial charge >= 0.3 is 0 Å². The first-order chi connectivity index (χ1) is 7.78. The summed E-state index contributed by atoms with van der Waals surface area (Å²) < 4.78 is 6.37. The number of benzene rings is 1. The zero-order valence-corrected chi connectivity index (χ0v) is 10.3. The van der Waals surface area contributed by atoms with Gasteiger partial charge < -0.3 is 9.52 Å². The van der Waals surface area contributed by atoms with Crippen LogP contribution in [0.5, 0.6) is 0 Å². The third kappa shape index (κ3) is 2.93. The molecular formula is C12H12BrNO2. The smallest absolute Gasteiger partial charge is 0.198 e. The summed E-state index contributed by atoms with van der Waals surface area (Å²) in [5.41, 5.74) is 1.94. The zero-order valence-electron chi connectivity index (χ0n) is 8.69. The van der Waals surface area contributed by atoms with Gasteiger partial charge in [-0.05, 0) is 17.7 Å². The Hall–Kier alpha value is -1.13. The van der Waals surface area contributed by atoms with E-state index < -0.39 is 0 Å². The predicted molar refractivity (Wildman–Crippen MR) is 64.2 cm³/mol. The van der Waals surface area contributed by atoms with Crippen LogP contribution >= 0.6 is 15.9 Å². The van der Waals surface area contributed by atoms with Gasteiger partial charge in [-0.1, -0.05) is 28.1 Å². The minimum absolute atomic E-state index is 0.100. The monoisotopic (exact) mass is 281 g/mol. The van der Waals surface area contributed by atoms with Crippen LogP contribution < -0.4 is 0 Å². The Balaban J connectivity index is 2.08. The highest BCUT2D eigenvalue weighted by atomic mass is 79.9. The van der Waals surface area contributed by atoms with E-state index in [1.807, 2.05) is 24.3 Å². The molecule has 1 aromatic carbocycles. The number of rotatable bonds is 4. The van der Waals surface area contributed by atoms with Crippen molar-refractivity contribution in [3.8, 4) is 0 Å². The number of hydrogen-bond donors (Lipinski definition) is 1. The Morgan fingerprint density at radius 1 is 1.38 bits per heavy atom. The molecule has 1 heterocycles. The third-order valence-electron chi connectivity index (χ3n) is 2.21. The summed E-state index contributed by atoms with van der Waals surface area (Å²) in [6, 6.07) is 8.03. The van der Waals surface area contributed by atoms with E-state index in [-0.39, 0.29) is 6.61 Å². The summed E-state index contributed by atoms with van der Waals surface area (Å²) in [6.07, 6.45) is 2.82. The molecular weight excluding hydrogens is 270 g/mol. The Morgan fingerprint density at radius 3 is 3.00 bits per heavy atom. The number of aliphatic hydroxyl groups excluding tert-OH is 1. The zero-order chi connectivity index (χ0) is 11.4. The molecule has 3 nitrogen and oxygen atoms in total. The summed E-state index contributed by atoms with van der Waals surface area (Å²) in [6.45, 7) is 0.100. The normalized spacial score (nSPS) is 10.6. The van der Waals surface area contributed by atoms with Gasteiger partial charge in [0.25, 0.3) is 0 Å². The van der Waals surface area contributed by atoms with Gasteiger partial charge in [0.2, 0.25) is 0 Å². The molecule has 0 fully saturated rings. The van der Waals surface area contributed by atoms with Gasteiger partial charge in [0.1, 0.15) is 6.26 Å². The molecule has 0 unspecified atom stereocenters. The average Bonchev–Trinajstić information content (AvgIpc) is 2.66. The molecule has 0 saturated carbocycles. The molecule has 0 saturated heterocycles. The molecule has 0 bridgehead atoms. The Morgan fingerprint density at radius 2 is 2.25 bits per heavy atom. The fourth-order valence-corrected chi connectivity index (χ4v) is 1.93. The van der Waals surface area contributed by atoms with Crippen molar-refractivity contribution in [2.45, 2.75) is 12.8 Å². The maximum absolute atomic E-state index is 8.77.